The highest BCUT2D eigenvalue weighted by Gasteiger charge is 2.14. The topological polar surface area (TPSA) is 125 Å². The molecule has 9 heteroatoms. The molecule has 1 amide bonds. The van der Waals surface area contributed by atoms with Gasteiger partial charge < -0.3 is 15.8 Å². The molecule has 1 aromatic carbocycles. The van der Waals surface area contributed by atoms with Crippen molar-refractivity contribution in [3.05, 3.63) is 34.4 Å². The van der Waals surface area contributed by atoms with E-state index in [0.717, 1.165) is 0 Å². The fourth-order valence-corrected chi connectivity index (χ4v) is 2.13. The molecule has 3 N–H and O–H groups in total. The summed E-state index contributed by atoms with van der Waals surface area (Å²) in [4.78, 5) is 32.6. The van der Waals surface area contributed by atoms with E-state index in [2.05, 4.69) is 10.1 Å². The zero-order valence-electron chi connectivity index (χ0n) is 11.3. The first-order chi connectivity index (χ1) is 9.93. The number of hydrogen-bond donors (Lipinski definition) is 2. The Morgan fingerprint density at radius 2 is 2.05 bits per heavy atom. The second-order valence-electron chi connectivity index (χ2n) is 4.00. The van der Waals surface area contributed by atoms with Gasteiger partial charge in [0.1, 0.15) is 6.04 Å². The normalized spacial score (nSPS) is 11.5. The van der Waals surface area contributed by atoms with Crippen LogP contribution in [0.3, 0.4) is 0 Å². The Morgan fingerprint density at radius 1 is 1.43 bits per heavy atom. The number of hydrogen-bond acceptors (Lipinski definition) is 7. The number of carbonyl (C=O) groups excluding carboxylic acids is 2. The monoisotopic (exact) mass is 313 g/mol. The van der Waals surface area contributed by atoms with Crippen molar-refractivity contribution in [1.82, 2.24) is 0 Å². The first kappa shape index (κ1) is 16.9. The zero-order chi connectivity index (χ0) is 15.8. The summed E-state index contributed by atoms with van der Waals surface area (Å²) in [6.45, 7) is 0. The number of methoxy groups -OCH3 is 1. The third-order valence-corrected chi connectivity index (χ3v) is 3.46. The summed E-state index contributed by atoms with van der Waals surface area (Å²) in [5.74, 6) is -0.439. The van der Waals surface area contributed by atoms with Crippen LogP contribution in [0.1, 0.15) is 0 Å². The summed E-state index contributed by atoms with van der Waals surface area (Å²) in [5, 5.41) is 13.1. The van der Waals surface area contributed by atoms with E-state index in [1.165, 1.54) is 43.1 Å². The number of nitrogens with zero attached hydrogens (tertiary/aromatic N) is 1. The number of rotatable bonds is 7. The van der Waals surface area contributed by atoms with E-state index in [1.54, 1.807) is 0 Å². The third kappa shape index (κ3) is 5.79. The number of benzene rings is 1. The van der Waals surface area contributed by atoms with E-state index in [0.29, 0.717) is 5.69 Å². The molecule has 0 radical (unpaired) electrons. The lowest BCUT2D eigenvalue weighted by Crippen LogP contribution is -2.34. The van der Waals surface area contributed by atoms with Gasteiger partial charge in [-0.05, 0) is 12.1 Å². The smallest absolute Gasteiger partial charge is 0.323 e. The fourth-order valence-electron chi connectivity index (χ4n) is 1.36. The largest absolute Gasteiger partial charge is 0.468 e. The maximum atomic E-state index is 11.6. The number of nitro benzene ring substituents is 1. The first-order valence-electron chi connectivity index (χ1n) is 5.89. The maximum Gasteiger partial charge on any atom is 0.323 e. The van der Waals surface area contributed by atoms with Gasteiger partial charge in [0.2, 0.25) is 5.91 Å². The van der Waals surface area contributed by atoms with Gasteiger partial charge in [-0.2, -0.15) is 0 Å². The number of ether oxygens (including phenoxy) is 1. The van der Waals surface area contributed by atoms with Crippen molar-refractivity contribution in [2.75, 3.05) is 23.9 Å². The number of nitrogens with two attached hydrogens (primary N) is 1. The van der Waals surface area contributed by atoms with E-state index in [4.69, 9.17) is 5.73 Å². The Morgan fingerprint density at radius 3 is 2.57 bits per heavy atom. The highest BCUT2D eigenvalue weighted by Crippen LogP contribution is 2.15. The van der Waals surface area contributed by atoms with Crippen LogP contribution in [0, 0.1) is 10.1 Å². The van der Waals surface area contributed by atoms with Crippen LogP contribution < -0.4 is 11.1 Å². The van der Waals surface area contributed by atoms with Crippen molar-refractivity contribution in [1.29, 1.82) is 0 Å². The lowest BCUT2D eigenvalue weighted by molar-refractivity contribution is -0.384. The molecule has 0 fully saturated rings. The van der Waals surface area contributed by atoms with E-state index in [-0.39, 0.29) is 23.1 Å². The second-order valence-corrected chi connectivity index (χ2v) is 5.03. The number of nitro groups is 1. The van der Waals surface area contributed by atoms with Crippen LogP contribution in [-0.2, 0) is 14.3 Å². The molecule has 1 rings (SSSR count). The van der Waals surface area contributed by atoms with Gasteiger partial charge in [0.25, 0.3) is 5.69 Å². The highest BCUT2D eigenvalue weighted by atomic mass is 32.2. The number of non-ortho nitro benzene ring substituents is 1. The van der Waals surface area contributed by atoms with Gasteiger partial charge in [-0.1, -0.05) is 0 Å². The molecule has 21 heavy (non-hydrogen) atoms. The second kappa shape index (κ2) is 8.22. The third-order valence-electron chi connectivity index (χ3n) is 2.40. The summed E-state index contributed by atoms with van der Waals surface area (Å²) in [6, 6.07) is 4.72. The van der Waals surface area contributed by atoms with E-state index in [9.17, 15) is 19.7 Å². The number of thioether (sulfide) groups is 1. The molecule has 0 heterocycles. The van der Waals surface area contributed by atoms with Crippen LogP contribution in [0.2, 0.25) is 0 Å². The van der Waals surface area contributed by atoms with Gasteiger partial charge in [0.05, 0.1) is 17.8 Å². The molecule has 0 aliphatic rings. The predicted molar refractivity (Wildman–Crippen MR) is 79.0 cm³/mol. The van der Waals surface area contributed by atoms with Crippen molar-refractivity contribution < 1.29 is 19.2 Å². The van der Waals surface area contributed by atoms with Gasteiger partial charge in [0, 0.05) is 23.6 Å². The molecule has 0 aliphatic heterocycles. The molecule has 0 aliphatic carbocycles. The highest BCUT2D eigenvalue weighted by molar-refractivity contribution is 8.00. The van der Waals surface area contributed by atoms with E-state index >= 15 is 0 Å². The Labute approximate surface area is 125 Å². The number of esters is 1. The summed E-state index contributed by atoms with van der Waals surface area (Å²) < 4.78 is 4.46. The molecule has 1 atom stereocenters. The zero-order valence-corrected chi connectivity index (χ0v) is 12.1. The number of amides is 1. The van der Waals surface area contributed by atoms with Crippen LogP contribution in [0.4, 0.5) is 11.4 Å². The van der Waals surface area contributed by atoms with Crippen LogP contribution >= 0.6 is 11.8 Å². The van der Waals surface area contributed by atoms with Gasteiger partial charge in [-0.25, -0.2) is 0 Å². The van der Waals surface area contributed by atoms with Gasteiger partial charge >= 0.3 is 5.97 Å². The van der Waals surface area contributed by atoms with Crippen LogP contribution in [-0.4, -0.2) is 41.5 Å². The Hall–Kier alpha value is -2.13. The minimum absolute atomic E-state index is 0.0496. The molecule has 1 aromatic rings. The Balaban J connectivity index is 2.37. The van der Waals surface area contributed by atoms with E-state index < -0.39 is 16.9 Å². The molecule has 0 saturated carbocycles. The van der Waals surface area contributed by atoms with Crippen molar-refractivity contribution in [3.8, 4) is 0 Å². The van der Waals surface area contributed by atoms with Crippen LogP contribution in [0.15, 0.2) is 24.3 Å². The Kier molecular flexibility index (Phi) is 6.63. The lowest BCUT2D eigenvalue weighted by Gasteiger charge is -2.09. The summed E-state index contributed by atoms with van der Waals surface area (Å²) in [5.41, 5.74) is 5.93. The van der Waals surface area contributed by atoms with Gasteiger partial charge in [-0.15, -0.1) is 11.8 Å². The summed E-state index contributed by atoms with van der Waals surface area (Å²) in [7, 11) is 1.24. The SMILES string of the molecule is COC(=O)C(N)CSCC(=O)Nc1ccc([N+](=O)[O-])cc1. The van der Waals surface area contributed by atoms with Gasteiger partial charge in [0.15, 0.2) is 0 Å². The Bertz CT molecular complexity index is 520. The van der Waals surface area contributed by atoms with Crippen molar-refractivity contribution >= 4 is 35.0 Å². The molecule has 8 nitrogen and oxygen atoms in total. The molecular weight excluding hydrogens is 298 g/mol. The molecule has 0 spiro atoms. The van der Waals surface area contributed by atoms with E-state index in [1.807, 2.05) is 0 Å². The molecular formula is C12H15N3O5S. The molecule has 0 bridgehead atoms. The maximum absolute atomic E-state index is 11.6. The first-order valence-corrected chi connectivity index (χ1v) is 7.05. The minimum Gasteiger partial charge on any atom is -0.468 e. The quantitative estimate of drug-likeness (QED) is 0.432. The fraction of sp³-hybridized carbons (Fsp3) is 0.333. The average molecular weight is 313 g/mol. The molecule has 114 valence electrons. The average Bonchev–Trinajstić information content (AvgIpc) is 2.46. The summed E-state index contributed by atoms with van der Waals surface area (Å²) in [6.07, 6.45) is 0. The van der Waals surface area contributed by atoms with Crippen molar-refractivity contribution in [2.24, 2.45) is 5.73 Å². The standard InChI is InChI=1S/C12H15N3O5S/c1-20-12(17)10(13)6-21-7-11(16)14-8-2-4-9(5-3-8)15(18)19/h2-5,10H,6-7,13H2,1H3,(H,14,16). The summed E-state index contributed by atoms with van der Waals surface area (Å²) >= 11 is 1.19. The van der Waals surface area contributed by atoms with Gasteiger partial charge in [-0.3, -0.25) is 19.7 Å². The number of nitrogens with one attached hydrogen (secondary N) is 1. The lowest BCUT2D eigenvalue weighted by atomic mass is 10.3. The molecule has 0 saturated heterocycles. The number of carbonyl (C=O) groups is 2. The number of anilines is 1. The molecule has 0 aromatic heterocycles. The minimum atomic E-state index is -0.771. The predicted octanol–water partition coefficient (Wildman–Crippen LogP) is 0.767. The van der Waals surface area contributed by atoms with Crippen LogP contribution in [0.5, 0.6) is 0 Å². The van der Waals surface area contributed by atoms with Crippen molar-refractivity contribution in [2.45, 2.75) is 6.04 Å². The van der Waals surface area contributed by atoms with Crippen LogP contribution in [0.25, 0.3) is 0 Å². The van der Waals surface area contributed by atoms with Crippen molar-refractivity contribution in [3.63, 3.8) is 0 Å². The molecule has 1 unspecified atom stereocenters.